The van der Waals surface area contributed by atoms with Gasteiger partial charge < -0.3 is 10.6 Å². The van der Waals surface area contributed by atoms with Gasteiger partial charge in [0, 0.05) is 30.8 Å². The van der Waals surface area contributed by atoms with Gasteiger partial charge in [0.2, 0.25) is 0 Å². The van der Waals surface area contributed by atoms with E-state index < -0.39 is 0 Å². The van der Waals surface area contributed by atoms with E-state index in [4.69, 9.17) is 0 Å². The Labute approximate surface area is 120 Å². The summed E-state index contributed by atoms with van der Waals surface area (Å²) in [6.07, 6.45) is 0.943. The van der Waals surface area contributed by atoms with E-state index in [-0.39, 0.29) is 0 Å². The summed E-state index contributed by atoms with van der Waals surface area (Å²) in [6, 6.07) is 8.30. The average molecular weight is 319 g/mol. The molecule has 0 unspecified atom stereocenters. The molecule has 0 saturated carbocycles. The summed E-state index contributed by atoms with van der Waals surface area (Å²) in [5, 5.41) is 6.74. The fourth-order valence-corrected chi connectivity index (χ4v) is 2.58. The number of hydrogen-bond donors (Lipinski definition) is 2. The van der Waals surface area contributed by atoms with Gasteiger partial charge in [-0.1, -0.05) is 17.7 Å². The van der Waals surface area contributed by atoms with Crippen molar-refractivity contribution in [3.63, 3.8) is 0 Å². The van der Waals surface area contributed by atoms with E-state index in [2.05, 4.69) is 67.7 Å². The molecule has 5 heteroatoms. The van der Waals surface area contributed by atoms with Crippen molar-refractivity contribution in [2.24, 2.45) is 0 Å². The molecule has 1 aromatic heterocycles. The third-order valence-electron chi connectivity index (χ3n) is 3.22. The van der Waals surface area contributed by atoms with Crippen LogP contribution in [0.15, 0.2) is 29.0 Å². The molecule has 19 heavy (non-hydrogen) atoms. The van der Waals surface area contributed by atoms with E-state index in [9.17, 15) is 0 Å². The molecular formula is C14H15BrN4. The summed E-state index contributed by atoms with van der Waals surface area (Å²) in [4.78, 5) is 8.91. The molecule has 4 nitrogen and oxygen atoms in total. The molecule has 0 atom stereocenters. The predicted molar refractivity (Wildman–Crippen MR) is 79.6 cm³/mol. The van der Waals surface area contributed by atoms with Gasteiger partial charge in [0.15, 0.2) is 4.73 Å². The van der Waals surface area contributed by atoms with Crippen molar-refractivity contribution in [2.45, 2.75) is 19.9 Å². The molecule has 2 N–H and O–H groups in total. The number of aryl methyl sites for hydroxylation is 1. The van der Waals surface area contributed by atoms with Crippen molar-refractivity contribution in [1.29, 1.82) is 0 Å². The predicted octanol–water partition coefficient (Wildman–Crippen LogP) is 2.94. The third kappa shape index (κ3) is 2.77. The summed E-state index contributed by atoms with van der Waals surface area (Å²) in [5.74, 6) is 0.882. The Balaban J connectivity index is 1.95. The zero-order valence-electron chi connectivity index (χ0n) is 10.7. The van der Waals surface area contributed by atoms with E-state index in [1.54, 1.807) is 0 Å². The van der Waals surface area contributed by atoms with E-state index in [1.807, 2.05) is 0 Å². The topological polar surface area (TPSA) is 49.8 Å². The van der Waals surface area contributed by atoms with Crippen molar-refractivity contribution >= 4 is 27.4 Å². The number of nitrogens with zero attached hydrogens (tertiary/aromatic N) is 2. The van der Waals surface area contributed by atoms with Crippen LogP contribution >= 0.6 is 15.9 Å². The van der Waals surface area contributed by atoms with E-state index in [1.165, 1.54) is 5.56 Å². The minimum Gasteiger partial charge on any atom is -0.340 e. The Morgan fingerprint density at radius 1 is 1.21 bits per heavy atom. The zero-order chi connectivity index (χ0) is 13.2. The first-order valence-electron chi connectivity index (χ1n) is 6.32. The molecular weight excluding hydrogens is 304 g/mol. The molecule has 0 aliphatic carbocycles. The highest BCUT2D eigenvalue weighted by Gasteiger charge is 2.16. The van der Waals surface area contributed by atoms with E-state index in [0.717, 1.165) is 42.3 Å². The van der Waals surface area contributed by atoms with Gasteiger partial charge in [0.1, 0.15) is 5.82 Å². The van der Waals surface area contributed by atoms with Crippen LogP contribution in [0.25, 0.3) is 0 Å². The Morgan fingerprint density at radius 3 is 2.79 bits per heavy atom. The van der Waals surface area contributed by atoms with Crippen LogP contribution < -0.4 is 10.6 Å². The minimum absolute atomic E-state index is 0.641. The van der Waals surface area contributed by atoms with Crippen molar-refractivity contribution in [3.8, 4) is 0 Å². The Kier molecular flexibility index (Phi) is 3.48. The quantitative estimate of drug-likeness (QED) is 0.836. The molecule has 0 saturated heterocycles. The van der Waals surface area contributed by atoms with Gasteiger partial charge in [0.05, 0.1) is 5.69 Å². The molecule has 98 valence electrons. The molecule has 0 fully saturated rings. The van der Waals surface area contributed by atoms with Crippen LogP contribution in [-0.4, -0.2) is 16.5 Å². The number of nitrogens with one attached hydrogen (secondary N) is 2. The molecule has 2 heterocycles. The SMILES string of the molecule is Cc1ccc(Nc2nc(Br)nc3c2CNCC3)cc1. The fraction of sp³-hybridized carbons (Fsp3) is 0.286. The molecule has 0 radical (unpaired) electrons. The lowest BCUT2D eigenvalue weighted by atomic mass is 10.1. The standard InChI is InChI=1S/C14H15BrN4/c1-9-2-4-10(5-3-9)17-13-11-8-16-7-6-12(11)18-14(15)19-13/h2-5,16H,6-8H2,1H3,(H,17,18,19). The van der Waals surface area contributed by atoms with Crippen molar-refractivity contribution in [3.05, 3.63) is 45.8 Å². The smallest absolute Gasteiger partial charge is 0.198 e. The summed E-state index contributed by atoms with van der Waals surface area (Å²) in [5.41, 5.74) is 4.58. The Bertz CT molecular complexity index is 595. The fourth-order valence-electron chi connectivity index (χ4n) is 2.19. The van der Waals surface area contributed by atoms with Crippen molar-refractivity contribution in [1.82, 2.24) is 15.3 Å². The molecule has 0 spiro atoms. The number of halogens is 1. The number of fused-ring (bicyclic) bond motifs is 1. The molecule has 1 aromatic carbocycles. The lowest BCUT2D eigenvalue weighted by Gasteiger charge is -2.19. The van der Waals surface area contributed by atoms with Crippen LogP contribution in [-0.2, 0) is 13.0 Å². The number of benzene rings is 1. The highest BCUT2D eigenvalue weighted by molar-refractivity contribution is 9.10. The maximum absolute atomic E-state index is 4.46. The normalized spacial score (nSPS) is 14.0. The molecule has 2 aromatic rings. The largest absolute Gasteiger partial charge is 0.340 e. The number of anilines is 2. The average Bonchev–Trinajstić information content (AvgIpc) is 2.41. The van der Waals surface area contributed by atoms with Crippen molar-refractivity contribution < 1.29 is 0 Å². The van der Waals surface area contributed by atoms with Crippen LogP contribution in [0.3, 0.4) is 0 Å². The van der Waals surface area contributed by atoms with Gasteiger partial charge in [0.25, 0.3) is 0 Å². The summed E-state index contributed by atoms with van der Waals surface area (Å²) in [7, 11) is 0. The first-order valence-corrected chi connectivity index (χ1v) is 7.11. The minimum atomic E-state index is 0.641. The second-order valence-corrected chi connectivity index (χ2v) is 5.39. The molecule has 0 amide bonds. The van der Waals surface area contributed by atoms with Crippen LogP contribution in [0.1, 0.15) is 16.8 Å². The monoisotopic (exact) mass is 318 g/mol. The van der Waals surface area contributed by atoms with E-state index in [0.29, 0.717) is 4.73 Å². The lowest BCUT2D eigenvalue weighted by molar-refractivity contribution is 0.626. The molecule has 1 aliphatic rings. The molecule has 3 rings (SSSR count). The van der Waals surface area contributed by atoms with Gasteiger partial charge in [-0.3, -0.25) is 0 Å². The van der Waals surface area contributed by atoms with Gasteiger partial charge in [-0.15, -0.1) is 0 Å². The van der Waals surface area contributed by atoms with Gasteiger partial charge in [-0.05, 0) is 35.0 Å². The highest BCUT2D eigenvalue weighted by Crippen LogP contribution is 2.25. The summed E-state index contributed by atoms with van der Waals surface area (Å²) < 4.78 is 0.641. The number of rotatable bonds is 2. The maximum atomic E-state index is 4.46. The second-order valence-electron chi connectivity index (χ2n) is 4.68. The van der Waals surface area contributed by atoms with Gasteiger partial charge in [-0.2, -0.15) is 0 Å². The zero-order valence-corrected chi connectivity index (χ0v) is 12.3. The summed E-state index contributed by atoms with van der Waals surface area (Å²) >= 11 is 3.38. The lowest BCUT2D eigenvalue weighted by Crippen LogP contribution is -2.26. The van der Waals surface area contributed by atoms with Gasteiger partial charge >= 0.3 is 0 Å². The van der Waals surface area contributed by atoms with Crippen LogP contribution in [0, 0.1) is 6.92 Å². The molecule has 0 bridgehead atoms. The Hall–Kier alpha value is -1.46. The summed E-state index contributed by atoms with van der Waals surface area (Å²) in [6.45, 7) is 3.87. The van der Waals surface area contributed by atoms with Gasteiger partial charge in [-0.25, -0.2) is 9.97 Å². The highest BCUT2D eigenvalue weighted by atomic mass is 79.9. The number of hydrogen-bond acceptors (Lipinski definition) is 4. The first-order chi connectivity index (χ1) is 9.22. The van der Waals surface area contributed by atoms with Crippen molar-refractivity contribution in [2.75, 3.05) is 11.9 Å². The van der Waals surface area contributed by atoms with E-state index >= 15 is 0 Å². The first kappa shape index (κ1) is 12.6. The second kappa shape index (κ2) is 5.27. The third-order valence-corrected chi connectivity index (χ3v) is 3.57. The maximum Gasteiger partial charge on any atom is 0.198 e. The van der Waals surface area contributed by atoms with Crippen LogP contribution in [0.2, 0.25) is 0 Å². The van der Waals surface area contributed by atoms with Crippen LogP contribution in [0.4, 0.5) is 11.5 Å². The Morgan fingerprint density at radius 2 is 2.00 bits per heavy atom. The number of aromatic nitrogens is 2. The van der Waals surface area contributed by atoms with Crippen LogP contribution in [0.5, 0.6) is 0 Å². The molecule has 1 aliphatic heterocycles.